The fraction of sp³-hybridized carbons (Fsp3) is 0.200. The van der Waals surface area contributed by atoms with Gasteiger partial charge in [0.2, 0.25) is 0 Å². The third-order valence-electron chi connectivity index (χ3n) is 3.12. The first-order valence-corrected chi connectivity index (χ1v) is 7.37. The van der Waals surface area contributed by atoms with Gasteiger partial charge in [-0.1, -0.05) is 29.3 Å². The predicted octanol–water partition coefficient (Wildman–Crippen LogP) is 2.18. The number of hydrogen-bond donors (Lipinski definition) is 3. The third-order valence-corrected chi connectivity index (χ3v) is 3.86. The zero-order valence-electron chi connectivity index (χ0n) is 12.2. The molecule has 116 valence electrons. The highest BCUT2D eigenvalue weighted by molar-refractivity contribution is 6.42. The van der Waals surface area contributed by atoms with E-state index in [-0.39, 0.29) is 5.91 Å². The smallest absolute Gasteiger partial charge is 0.250 e. The summed E-state index contributed by atoms with van der Waals surface area (Å²) in [6.45, 7) is 0. The van der Waals surface area contributed by atoms with E-state index in [4.69, 9.17) is 23.2 Å². The zero-order valence-corrected chi connectivity index (χ0v) is 13.7. The average molecular weight is 339 g/mol. The van der Waals surface area contributed by atoms with Crippen LogP contribution in [0.4, 0.5) is 0 Å². The number of halogens is 2. The van der Waals surface area contributed by atoms with Crippen LogP contribution in [0, 0.1) is 0 Å². The molecule has 2 rings (SSSR count). The Morgan fingerprint density at radius 3 is 2.73 bits per heavy atom. The molecule has 1 aliphatic heterocycles. The standard InChI is InChI=1S/C15H16Cl2N4O/c1-18-7-10(15(22)19-2)14-6-13(20-8-21-14)9-3-4-11(16)12(17)5-9/h3-8,14,18H,1-2H3,(H,19,22)(H,20,21)/b10-7-. The molecule has 0 aromatic heterocycles. The maximum atomic E-state index is 12.0. The largest absolute Gasteiger partial charge is 0.394 e. The maximum Gasteiger partial charge on any atom is 0.250 e. The molecule has 0 saturated carbocycles. The van der Waals surface area contributed by atoms with Crippen LogP contribution in [0.15, 0.2) is 41.0 Å². The van der Waals surface area contributed by atoms with E-state index in [1.165, 1.54) is 0 Å². The van der Waals surface area contributed by atoms with Gasteiger partial charge in [-0.2, -0.15) is 0 Å². The van der Waals surface area contributed by atoms with E-state index in [2.05, 4.69) is 20.9 Å². The monoisotopic (exact) mass is 338 g/mol. The van der Waals surface area contributed by atoms with Crippen LogP contribution in [0.25, 0.3) is 5.70 Å². The van der Waals surface area contributed by atoms with Gasteiger partial charge in [0.15, 0.2) is 0 Å². The van der Waals surface area contributed by atoms with Crippen LogP contribution in [0.5, 0.6) is 0 Å². The molecule has 1 aromatic rings. The minimum atomic E-state index is -0.391. The van der Waals surface area contributed by atoms with E-state index in [0.29, 0.717) is 15.6 Å². The van der Waals surface area contributed by atoms with Crippen LogP contribution >= 0.6 is 23.2 Å². The molecule has 0 fully saturated rings. The molecule has 0 bridgehead atoms. The lowest BCUT2D eigenvalue weighted by atomic mass is 10.0. The number of carbonyl (C=O) groups excluding carboxylic acids is 1. The van der Waals surface area contributed by atoms with E-state index in [1.807, 2.05) is 12.1 Å². The Morgan fingerprint density at radius 1 is 1.32 bits per heavy atom. The summed E-state index contributed by atoms with van der Waals surface area (Å²) in [5.74, 6) is -0.192. The van der Waals surface area contributed by atoms with Gasteiger partial charge in [0.25, 0.3) is 5.91 Å². The highest BCUT2D eigenvalue weighted by atomic mass is 35.5. The maximum absolute atomic E-state index is 12.0. The first-order chi connectivity index (χ1) is 10.6. The van der Waals surface area contributed by atoms with Crippen molar-refractivity contribution in [2.45, 2.75) is 6.04 Å². The third kappa shape index (κ3) is 3.61. The van der Waals surface area contributed by atoms with E-state index in [0.717, 1.165) is 11.3 Å². The second-order valence-electron chi connectivity index (χ2n) is 4.54. The predicted molar refractivity (Wildman–Crippen MR) is 91.1 cm³/mol. The lowest BCUT2D eigenvalue weighted by molar-refractivity contribution is -0.117. The second-order valence-corrected chi connectivity index (χ2v) is 5.36. The van der Waals surface area contributed by atoms with Crippen molar-refractivity contribution in [3.05, 3.63) is 51.7 Å². The van der Waals surface area contributed by atoms with Crippen LogP contribution in [-0.4, -0.2) is 32.4 Å². The molecular formula is C15H16Cl2N4O. The quantitative estimate of drug-likeness (QED) is 0.737. The van der Waals surface area contributed by atoms with Crippen LogP contribution in [-0.2, 0) is 4.79 Å². The first kappa shape index (κ1) is 16.4. The molecule has 0 saturated heterocycles. The van der Waals surface area contributed by atoms with Gasteiger partial charge in [-0.15, -0.1) is 0 Å². The fourth-order valence-corrected chi connectivity index (χ4v) is 2.33. The number of aliphatic imine (C=N–C) groups is 1. The van der Waals surface area contributed by atoms with Gasteiger partial charge < -0.3 is 16.0 Å². The van der Waals surface area contributed by atoms with E-state index < -0.39 is 6.04 Å². The highest BCUT2D eigenvalue weighted by Crippen LogP contribution is 2.26. The number of amides is 1. The molecule has 1 amide bonds. The summed E-state index contributed by atoms with van der Waals surface area (Å²) in [5.41, 5.74) is 2.19. The number of nitrogens with zero attached hydrogens (tertiary/aromatic N) is 1. The lowest BCUT2D eigenvalue weighted by Gasteiger charge is -2.19. The molecule has 0 radical (unpaired) electrons. The van der Waals surface area contributed by atoms with Crippen molar-refractivity contribution in [3.63, 3.8) is 0 Å². The molecule has 1 atom stereocenters. The fourth-order valence-electron chi connectivity index (χ4n) is 2.03. The average Bonchev–Trinajstić information content (AvgIpc) is 2.54. The zero-order chi connectivity index (χ0) is 16.1. The van der Waals surface area contributed by atoms with E-state index in [1.54, 1.807) is 38.8 Å². The summed E-state index contributed by atoms with van der Waals surface area (Å²) in [7, 11) is 3.32. The SMILES string of the molecule is CN/C=C(\C(=O)NC)C1C=C(c2ccc(Cl)c(Cl)c2)NC=N1. The van der Waals surface area contributed by atoms with Crippen molar-refractivity contribution in [2.75, 3.05) is 14.1 Å². The van der Waals surface area contributed by atoms with Crippen LogP contribution < -0.4 is 16.0 Å². The van der Waals surface area contributed by atoms with Crippen LogP contribution in [0.1, 0.15) is 5.56 Å². The summed E-state index contributed by atoms with van der Waals surface area (Å²) >= 11 is 12.0. The van der Waals surface area contributed by atoms with Gasteiger partial charge in [0.05, 0.1) is 22.0 Å². The van der Waals surface area contributed by atoms with Crippen molar-refractivity contribution >= 4 is 41.1 Å². The molecule has 0 aliphatic carbocycles. The molecule has 1 aliphatic rings. The number of hydrogen-bond acceptors (Lipinski definition) is 4. The van der Waals surface area contributed by atoms with E-state index >= 15 is 0 Å². The number of carbonyl (C=O) groups is 1. The molecule has 3 N–H and O–H groups in total. The van der Waals surface area contributed by atoms with E-state index in [9.17, 15) is 4.79 Å². The lowest BCUT2D eigenvalue weighted by Crippen LogP contribution is -2.30. The molecule has 0 spiro atoms. The summed E-state index contributed by atoms with van der Waals surface area (Å²) in [5, 5.41) is 9.49. The van der Waals surface area contributed by atoms with Crippen molar-refractivity contribution in [2.24, 2.45) is 4.99 Å². The highest BCUT2D eigenvalue weighted by Gasteiger charge is 2.20. The summed E-state index contributed by atoms with van der Waals surface area (Å²) < 4.78 is 0. The van der Waals surface area contributed by atoms with Gasteiger partial charge >= 0.3 is 0 Å². The molecule has 1 aromatic carbocycles. The summed E-state index contributed by atoms with van der Waals surface area (Å²) in [6, 6.07) is 4.95. The van der Waals surface area contributed by atoms with Crippen molar-refractivity contribution in [1.29, 1.82) is 0 Å². The molecule has 1 heterocycles. The van der Waals surface area contributed by atoms with Crippen molar-refractivity contribution in [3.8, 4) is 0 Å². The normalized spacial score (nSPS) is 17.5. The first-order valence-electron chi connectivity index (χ1n) is 6.61. The van der Waals surface area contributed by atoms with Crippen molar-refractivity contribution in [1.82, 2.24) is 16.0 Å². The Kier molecular flexibility index (Phi) is 5.46. The van der Waals surface area contributed by atoms with Gasteiger partial charge in [0, 0.05) is 26.0 Å². The molecule has 5 nitrogen and oxygen atoms in total. The van der Waals surface area contributed by atoms with Crippen LogP contribution in [0.3, 0.4) is 0 Å². The minimum absolute atomic E-state index is 0.192. The number of likely N-dealkylation sites (N-methyl/N-ethyl adjacent to an activating group) is 1. The number of rotatable bonds is 4. The molecule has 22 heavy (non-hydrogen) atoms. The summed E-state index contributed by atoms with van der Waals surface area (Å²) in [6.07, 6.45) is 5.06. The Labute approximate surface area is 139 Å². The molecule has 7 heteroatoms. The van der Waals surface area contributed by atoms with Gasteiger partial charge in [-0.3, -0.25) is 9.79 Å². The molecule has 1 unspecified atom stereocenters. The Bertz CT molecular complexity index is 668. The van der Waals surface area contributed by atoms with Gasteiger partial charge in [-0.25, -0.2) is 0 Å². The Balaban J connectivity index is 2.35. The number of nitrogens with one attached hydrogen (secondary N) is 3. The van der Waals surface area contributed by atoms with Gasteiger partial charge in [-0.05, 0) is 23.8 Å². The Hall–Kier alpha value is -1.98. The minimum Gasteiger partial charge on any atom is -0.394 e. The van der Waals surface area contributed by atoms with Crippen LogP contribution in [0.2, 0.25) is 10.0 Å². The topological polar surface area (TPSA) is 65.5 Å². The van der Waals surface area contributed by atoms with Crippen molar-refractivity contribution < 1.29 is 4.79 Å². The second kappa shape index (κ2) is 7.33. The summed E-state index contributed by atoms with van der Waals surface area (Å²) in [4.78, 5) is 16.3. The number of benzene rings is 1. The molecular weight excluding hydrogens is 323 g/mol. The van der Waals surface area contributed by atoms with Gasteiger partial charge in [0.1, 0.15) is 6.04 Å². The Morgan fingerprint density at radius 2 is 2.09 bits per heavy atom.